The Balaban J connectivity index is 3.15. The molecule has 0 bridgehead atoms. The minimum atomic E-state index is -0.930. The summed E-state index contributed by atoms with van der Waals surface area (Å²) in [7, 11) is 2.97. The van der Waals surface area contributed by atoms with Crippen molar-refractivity contribution >= 4 is 5.97 Å². The molecule has 0 aromatic heterocycles. The third-order valence-corrected chi connectivity index (χ3v) is 2.84. The Morgan fingerprint density at radius 2 is 1.94 bits per heavy atom. The number of esters is 1. The predicted octanol–water partition coefficient (Wildman–Crippen LogP) is 1.70. The van der Waals surface area contributed by atoms with Crippen LogP contribution in [0.5, 0.6) is 0 Å². The summed E-state index contributed by atoms with van der Waals surface area (Å²) < 4.78 is 10.2. The van der Waals surface area contributed by atoms with Gasteiger partial charge in [-0.2, -0.15) is 0 Å². The third-order valence-electron chi connectivity index (χ3n) is 2.84. The van der Waals surface area contributed by atoms with Crippen molar-refractivity contribution in [3.8, 4) is 0 Å². The van der Waals surface area contributed by atoms with E-state index in [-0.39, 0.29) is 12.6 Å². The molecule has 0 aliphatic heterocycles. The van der Waals surface area contributed by atoms with Crippen LogP contribution in [0.1, 0.15) is 18.9 Å². The van der Waals surface area contributed by atoms with Crippen LogP contribution in [0.4, 0.5) is 0 Å². The fraction of sp³-hybridized carbons (Fsp3) is 0.500. The van der Waals surface area contributed by atoms with Crippen LogP contribution < -0.4 is 5.32 Å². The summed E-state index contributed by atoms with van der Waals surface area (Å²) in [6, 6.07) is 9.52. The average Bonchev–Trinajstić information content (AvgIpc) is 2.43. The molecule has 4 heteroatoms. The highest BCUT2D eigenvalue weighted by Gasteiger charge is 2.41. The second kappa shape index (κ2) is 7.13. The highest BCUT2D eigenvalue weighted by Crippen LogP contribution is 2.23. The van der Waals surface area contributed by atoms with Crippen molar-refractivity contribution in [2.75, 3.05) is 27.4 Å². The third kappa shape index (κ3) is 3.09. The van der Waals surface area contributed by atoms with Crippen molar-refractivity contribution in [1.82, 2.24) is 5.32 Å². The molecule has 0 aliphatic carbocycles. The first-order chi connectivity index (χ1) is 8.71. The number of hydrogen-bond acceptors (Lipinski definition) is 4. The smallest absolute Gasteiger partial charge is 0.333 e. The normalized spacial score (nSPS) is 13.9. The summed E-state index contributed by atoms with van der Waals surface area (Å²) in [4.78, 5) is 12.2. The number of nitrogens with one attached hydrogen (secondary N) is 1. The van der Waals surface area contributed by atoms with E-state index in [4.69, 9.17) is 9.47 Å². The molecule has 0 radical (unpaired) electrons. The fourth-order valence-electron chi connectivity index (χ4n) is 1.94. The van der Waals surface area contributed by atoms with Crippen molar-refractivity contribution in [1.29, 1.82) is 0 Å². The molecular formula is C14H21NO3. The van der Waals surface area contributed by atoms with Gasteiger partial charge in [-0.25, -0.2) is 4.79 Å². The second-order valence-electron chi connectivity index (χ2n) is 4.12. The van der Waals surface area contributed by atoms with Gasteiger partial charge in [0.2, 0.25) is 0 Å². The fourth-order valence-corrected chi connectivity index (χ4v) is 1.94. The summed E-state index contributed by atoms with van der Waals surface area (Å²) in [5.41, 5.74) is -0.0759. The lowest BCUT2D eigenvalue weighted by Crippen LogP contribution is -2.53. The highest BCUT2D eigenvalue weighted by atomic mass is 16.5. The quantitative estimate of drug-likeness (QED) is 0.749. The van der Waals surface area contributed by atoms with Crippen LogP contribution in [0.2, 0.25) is 0 Å². The number of carbonyl (C=O) groups excluding carboxylic acids is 1. The number of methoxy groups -OCH3 is 2. The number of rotatable bonds is 7. The van der Waals surface area contributed by atoms with E-state index in [2.05, 4.69) is 5.32 Å². The summed E-state index contributed by atoms with van der Waals surface area (Å²) in [6.07, 6.45) is 0.926. The molecule has 1 rings (SSSR count). The van der Waals surface area contributed by atoms with Crippen LogP contribution in [0.3, 0.4) is 0 Å². The number of benzene rings is 1. The molecule has 100 valence electrons. The Morgan fingerprint density at radius 3 is 2.44 bits per heavy atom. The first-order valence-corrected chi connectivity index (χ1v) is 6.09. The summed E-state index contributed by atoms with van der Waals surface area (Å²) in [6.45, 7) is 3.00. The molecule has 1 aromatic rings. The molecule has 1 N–H and O–H groups in total. The maximum absolute atomic E-state index is 12.2. The summed E-state index contributed by atoms with van der Waals surface area (Å²) in [5.74, 6) is -0.330. The van der Waals surface area contributed by atoms with Crippen LogP contribution in [0.15, 0.2) is 30.3 Å². The monoisotopic (exact) mass is 251 g/mol. The number of carbonyl (C=O) groups is 1. The number of hydrogen-bond donors (Lipinski definition) is 1. The Bertz CT molecular complexity index is 367. The molecular weight excluding hydrogens is 230 g/mol. The lowest BCUT2D eigenvalue weighted by Gasteiger charge is -2.31. The zero-order valence-electron chi connectivity index (χ0n) is 11.2. The topological polar surface area (TPSA) is 47.6 Å². The van der Waals surface area contributed by atoms with Crippen molar-refractivity contribution < 1.29 is 14.3 Å². The first kappa shape index (κ1) is 14.7. The summed E-state index contributed by atoms with van der Waals surface area (Å²) >= 11 is 0. The van der Waals surface area contributed by atoms with E-state index in [1.54, 1.807) is 7.11 Å². The van der Waals surface area contributed by atoms with Gasteiger partial charge >= 0.3 is 5.97 Å². The predicted molar refractivity (Wildman–Crippen MR) is 70.3 cm³/mol. The maximum Gasteiger partial charge on any atom is 0.333 e. The number of ether oxygens (including phenoxy) is 2. The molecule has 0 fully saturated rings. The van der Waals surface area contributed by atoms with Crippen LogP contribution in [0.25, 0.3) is 0 Å². The minimum Gasteiger partial charge on any atom is -0.467 e. The van der Waals surface area contributed by atoms with Gasteiger partial charge < -0.3 is 9.47 Å². The van der Waals surface area contributed by atoms with Gasteiger partial charge in [0.25, 0.3) is 0 Å². The zero-order chi connectivity index (χ0) is 13.4. The lowest BCUT2D eigenvalue weighted by atomic mass is 9.90. The highest BCUT2D eigenvalue weighted by molar-refractivity contribution is 5.82. The van der Waals surface area contributed by atoms with Gasteiger partial charge in [0, 0.05) is 7.11 Å². The second-order valence-corrected chi connectivity index (χ2v) is 4.12. The summed E-state index contributed by atoms with van der Waals surface area (Å²) in [5, 5.41) is 3.25. The Hall–Kier alpha value is -1.39. The first-order valence-electron chi connectivity index (χ1n) is 6.09. The zero-order valence-corrected chi connectivity index (χ0v) is 11.2. The molecule has 1 aromatic carbocycles. The molecule has 0 spiro atoms. The van der Waals surface area contributed by atoms with Crippen LogP contribution >= 0.6 is 0 Å². The lowest BCUT2D eigenvalue weighted by molar-refractivity contribution is -0.151. The van der Waals surface area contributed by atoms with Gasteiger partial charge in [-0.1, -0.05) is 37.3 Å². The molecule has 4 nitrogen and oxygen atoms in total. The largest absolute Gasteiger partial charge is 0.467 e. The van der Waals surface area contributed by atoms with Crippen LogP contribution in [-0.2, 0) is 19.8 Å². The van der Waals surface area contributed by atoms with E-state index in [0.29, 0.717) is 6.54 Å². The van der Waals surface area contributed by atoms with Gasteiger partial charge in [0.1, 0.15) is 0 Å². The molecule has 0 amide bonds. The van der Waals surface area contributed by atoms with E-state index < -0.39 is 5.54 Å². The van der Waals surface area contributed by atoms with Gasteiger partial charge in [-0.3, -0.25) is 5.32 Å². The van der Waals surface area contributed by atoms with Crippen molar-refractivity contribution in [2.45, 2.75) is 18.9 Å². The van der Waals surface area contributed by atoms with E-state index >= 15 is 0 Å². The van der Waals surface area contributed by atoms with E-state index in [9.17, 15) is 4.79 Å². The molecule has 1 unspecified atom stereocenters. The molecule has 1 atom stereocenters. The van der Waals surface area contributed by atoms with Crippen molar-refractivity contribution in [3.63, 3.8) is 0 Å². The van der Waals surface area contributed by atoms with Gasteiger partial charge in [-0.15, -0.1) is 0 Å². The van der Waals surface area contributed by atoms with E-state index in [1.165, 1.54) is 7.11 Å². The maximum atomic E-state index is 12.2. The van der Waals surface area contributed by atoms with E-state index in [0.717, 1.165) is 12.0 Å². The van der Waals surface area contributed by atoms with Crippen molar-refractivity contribution in [3.05, 3.63) is 35.9 Å². The molecule has 0 saturated carbocycles. The standard InChI is InChI=1S/C14H21NO3/c1-4-10-15-14(11-17-2,13(16)18-3)12-8-6-5-7-9-12/h5-9,15H,4,10-11H2,1-3H3. The SMILES string of the molecule is CCCNC(COC)(C(=O)OC)c1ccccc1. The Labute approximate surface area is 108 Å². The van der Waals surface area contributed by atoms with Crippen LogP contribution in [0, 0.1) is 0 Å². The van der Waals surface area contributed by atoms with Crippen molar-refractivity contribution in [2.24, 2.45) is 0 Å². The van der Waals surface area contributed by atoms with Gasteiger partial charge in [0.15, 0.2) is 5.54 Å². The average molecular weight is 251 g/mol. The van der Waals surface area contributed by atoms with Gasteiger partial charge in [-0.05, 0) is 18.5 Å². The molecule has 0 saturated heterocycles. The Kier molecular flexibility index (Phi) is 5.82. The molecule has 18 heavy (non-hydrogen) atoms. The van der Waals surface area contributed by atoms with Gasteiger partial charge in [0.05, 0.1) is 13.7 Å². The van der Waals surface area contributed by atoms with E-state index in [1.807, 2.05) is 37.3 Å². The molecule has 0 aliphatic rings. The minimum absolute atomic E-state index is 0.240. The van der Waals surface area contributed by atoms with Crippen LogP contribution in [-0.4, -0.2) is 33.3 Å². The molecule has 0 heterocycles. The Morgan fingerprint density at radius 1 is 1.28 bits per heavy atom.